The summed E-state index contributed by atoms with van der Waals surface area (Å²) in [5, 5.41) is 15.2. The van der Waals surface area contributed by atoms with Crippen LogP contribution in [0, 0.1) is 11.3 Å². The van der Waals surface area contributed by atoms with E-state index in [1.54, 1.807) is 0 Å². The molecule has 3 N–H and O–H groups in total. The third-order valence-corrected chi connectivity index (χ3v) is 6.15. The van der Waals surface area contributed by atoms with Gasteiger partial charge in [-0.2, -0.15) is 5.26 Å². The summed E-state index contributed by atoms with van der Waals surface area (Å²) in [6, 6.07) is 2.17. The van der Waals surface area contributed by atoms with E-state index in [2.05, 4.69) is 16.7 Å². The molecule has 0 saturated carbocycles. The Labute approximate surface area is 168 Å². The lowest BCUT2D eigenvalue weighted by molar-refractivity contribution is -0.908. The lowest BCUT2D eigenvalue weighted by atomic mass is 9.93. The Hall–Kier alpha value is -1.99. The third-order valence-electron chi connectivity index (χ3n) is 5.02. The Bertz CT molecular complexity index is 778. The summed E-state index contributed by atoms with van der Waals surface area (Å²) in [6.07, 6.45) is 1.41. The van der Waals surface area contributed by atoms with E-state index in [0.717, 1.165) is 49.7 Å². The van der Waals surface area contributed by atoms with Crippen LogP contribution in [0.1, 0.15) is 36.3 Å². The molecule has 0 bridgehead atoms. The number of amides is 2. The van der Waals surface area contributed by atoms with Gasteiger partial charge in [-0.05, 0) is 19.4 Å². The second-order valence-electron chi connectivity index (χ2n) is 7.72. The minimum atomic E-state index is -0.742. The molecule has 0 radical (unpaired) electrons. The van der Waals surface area contributed by atoms with Gasteiger partial charge in [-0.1, -0.05) is 0 Å². The van der Waals surface area contributed by atoms with Crippen LogP contribution in [0.4, 0.5) is 5.00 Å². The van der Waals surface area contributed by atoms with E-state index in [1.807, 2.05) is 13.8 Å². The highest BCUT2D eigenvalue weighted by Crippen LogP contribution is 2.39. The van der Waals surface area contributed by atoms with Crippen LogP contribution in [0.3, 0.4) is 0 Å². The first-order chi connectivity index (χ1) is 13.4. The molecular formula is C19H27N4O4S+. The summed E-state index contributed by atoms with van der Waals surface area (Å²) in [5.41, 5.74) is 1.00. The van der Waals surface area contributed by atoms with Crippen molar-refractivity contribution in [2.45, 2.75) is 38.9 Å². The maximum Gasteiger partial charge on any atom is 0.314 e. The Kier molecular flexibility index (Phi) is 6.67. The van der Waals surface area contributed by atoms with Gasteiger partial charge in [-0.15, -0.1) is 11.3 Å². The summed E-state index contributed by atoms with van der Waals surface area (Å²) in [6.45, 7) is 9.26. The highest BCUT2D eigenvalue weighted by molar-refractivity contribution is 7.16. The summed E-state index contributed by atoms with van der Waals surface area (Å²) in [4.78, 5) is 26.7. The molecule has 3 rings (SSSR count). The largest absolute Gasteiger partial charge is 0.370 e. The fourth-order valence-corrected chi connectivity index (χ4v) is 4.53. The first-order valence-electron chi connectivity index (χ1n) is 9.59. The van der Waals surface area contributed by atoms with Crippen LogP contribution in [0.15, 0.2) is 0 Å². The second kappa shape index (κ2) is 9.01. The molecule has 1 aromatic heterocycles. The topological polar surface area (TPSA) is 105 Å². The number of ether oxygens (including phenoxy) is 2. The number of carbonyl (C=O) groups is 2. The monoisotopic (exact) mass is 407 g/mol. The minimum absolute atomic E-state index is 0.346. The van der Waals surface area contributed by atoms with E-state index in [4.69, 9.17) is 9.47 Å². The molecule has 8 nitrogen and oxygen atoms in total. The van der Waals surface area contributed by atoms with Crippen LogP contribution >= 0.6 is 11.3 Å². The number of hydrogen-bond acceptors (Lipinski definition) is 6. The summed E-state index contributed by atoms with van der Waals surface area (Å²) in [7, 11) is 0. The first kappa shape index (κ1) is 20.7. The molecule has 2 amide bonds. The number of morpholine rings is 1. The molecule has 0 atom stereocenters. The van der Waals surface area contributed by atoms with Crippen molar-refractivity contribution in [1.82, 2.24) is 5.32 Å². The molecular weight excluding hydrogens is 380 g/mol. The lowest BCUT2D eigenvalue weighted by Crippen LogP contribution is -3.14. The summed E-state index contributed by atoms with van der Waals surface area (Å²) < 4.78 is 11.1. The van der Waals surface area contributed by atoms with Gasteiger partial charge in [0.2, 0.25) is 0 Å². The number of nitrogens with one attached hydrogen (secondary N) is 3. The van der Waals surface area contributed by atoms with Gasteiger partial charge in [0.25, 0.3) is 0 Å². The second-order valence-corrected chi connectivity index (χ2v) is 8.83. The van der Waals surface area contributed by atoms with E-state index in [1.165, 1.54) is 16.2 Å². The smallest absolute Gasteiger partial charge is 0.314 e. The maximum absolute atomic E-state index is 12.2. The van der Waals surface area contributed by atoms with Crippen molar-refractivity contribution in [3.63, 3.8) is 0 Å². The normalized spacial score (nSPS) is 18.8. The molecule has 2 aliphatic heterocycles. The minimum Gasteiger partial charge on any atom is -0.370 e. The average molecular weight is 408 g/mol. The van der Waals surface area contributed by atoms with Crippen molar-refractivity contribution in [1.29, 1.82) is 5.26 Å². The Morgan fingerprint density at radius 3 is 2.75 bits per heavy atom. The third kappa shape index (κ3) is 5.08. The van der Waals surface area contributed by atoms with Crippen LogP contribution in [0.2, 0.25) is 0 Å². The molecule has 1 saturated heterocycles. The molecule has 0 spiro atoms. The van der Waals surface area contributed by atoms with Gasteiger partial charge in [0.05, 0.1) is 37.5 Å². The summed E-state index contributed by atoms with van der Waals surface area (Å²) >= 11 is 1.31. The predicted molar refractivity (Wildman–Crippen MR) is 104 cm³/mol. The van der Waals surface area contributed by atoms with Gasteiger partial charge >= 0.3 is 11.8 Å². The van der Waals surface area contributed by atoms with E-state index < -0.39 is 11.8 Å². The molecule has 9 heteroatoms. The summed E-state index contributed by atoms with van der Waals surface area (Å²) in [5.74, 6) is -1.42. The van der Waals surface area contributed by atoms with Crippen molar-refractivity contribution < 1.29 is 24.0 Å². The van der Waals surface area contributed by atoms with Gasteiger partial charge in [0.15, 0.2) is 0 Å². The number of anilines is 1. The van der Waals surface area contributed by atoms with Crippen LogP contribution in [0.25, 0.3) is 0 Å². The predicted octanol–water partition coefficient (Wildman–Crippen LogP) is -0.169. The van der Waals surface area contributed by atoms with Gasteiger partial charge in [-0.25, -0.2) is 0 Å². The maximum atomic E-state index is 12.2. The zero-order valence-corrected chi connectivity index (χ0v) is 17.2. The van der Waals surface area contributed by atoms with Gasteiger partial charge in [0.1, 0.15) is 24.2 Å². The molecule has 3 heterocycles. The van der Waals surface area contributed by atoms with E-state index >= 15 is 0 Å². The van der Waals surface area contributed by atoms with Crippen LogP contribution in [-0.2, 0) is 32.1 Å². The van der Waals surface area contributed by atoms with Crippen LogP contribution < -0.4 is 15.5 Å². The number of thiophene rings is 1. The van der Waals surface area contributed by atoms with Crippen LogP contribution in [-0.4, -0.2) is 56.8 Å². The number of quaternary nitrogens is 1. The van der Waals surface area contributed by atoms with E-state index in [9.17, 15) is 14.9 Å². The van der Waals surface area contributed by atoms with Crippen molar-refractivity contribution in [3.05, 3.63) is 16.0 Å². The quantitative estimate of drug-likeness (QED) is 0.464. The number of rotatable bonds is 5. The van der Waals surface area contributed by atoms with Gasteiger partial charge < -0.3 is 25.0 Å². The molecule has 2 aliphatic rings. The molecule has 1 fully saturated rings. The Morgan fingerprint density at radius 1 is 1.29 bits per heavy atom. The number of nitrogens with zero attached hydrogens (tertiary/aromatic N) is 1. The molecule has 0 unspecified atom stereocenters. The molecule has 152 valence electrons. The lowest BCUT2D eigenvalue weighted by Gasteiger charge is -2.29. The Morgan fingerprint density at radius 2 is 2.04 bits per heavy atom. The van der Waals surface area contributed by atoms with E-state index in [-0.39, 0.29) is 5.60 Å². The van der Waals surface area contributed by atoms with Gasteiger partial charge in [0, 0.05) is 24.3 Å². The van der Waals surface area contributed by atoms with Gasteiger partial charge in [-0.3, -0.25) is 9.59 Å². The average Bonchev–Trinajstić information content (AvgIpc) is 3.00. The number of hydrogen-bond donors (Lipinski definition) is 3. The van der Waals surface area contributed by atoms with Crippen LogP contribution in [0.5, 0.6) is 0 Å². The SMILES string of the molecule is CC1(C)Cc2c(sc(NC(=O)C(=O)NCCC[NH+]3CCOCC3)c2C#N)CO1. The fourth-order valence-electron chi connectivity index (χ4n) is 3.45. The molecule has 28 heavy (non-hydrogen) atoms. The first-order valence-corrected chi connectivity index (χ1v) is 10.4. The number of fused-ring (bicyclic) bond motifs is 1. The highest BCUT2D eigenvalue weighted by Gasteiger charge is 2.32. The molecule has 1 aromatic rings. The van der Waals surface area contributed by atoms with Crippen molar-refractivity contribution >= 4 is 28.2 Å². The molecule has 0 aromatic carbocycles. The van der Waals surface area contributed by atoms with Crippen molar-refractivity contribution in [3.8, 4) is 6.07 Å². The Balaban J connectivity index is 1.51. The number of carbonyl (C=O) groups excluding carboxylic acids is 2. The number of nitriles is 1. The molecule has 0 aliphatic carbocycles. The zero-order valence-electron chi connectivity index (χ0n) is 16.4. The van der Waals surface area contributed by atoms with E-state index in [0.29, 0.717) is 30.1 Å². The van der Waals surface area contributed by atoms with Crippen molar-refractivity contribution in [2.24, 2.45) is 0 Å². The zero-order chi connectivity index (χ0) is 20.1. The highest BCUT2D eigenvalue weighted by atomic mass is 32.1. The fraction of sp³-hybridized carbons (Fsp3) is 0.632. The standard InChI is InChI=1S/C19H26N4O4S/c1-19(2)10-13-14(11-20)18(28-15(13)12-27-19)22-17(25)16(24)21-4-3-5-23-6-8-26-9-7-23/h3-10,12H2,1-2H3,(H,21,24)(H,22,25)/p+1. The van der Waals surface area contributed by atoms with Crippen molar-refractivity contribution in [2.75, 3.05) is 44.7 Å².